The van der Waals surface area contributed by atoms with Crippen LogP contribution in [-0.2, 0) is 10.0 Å². The molecule has 2 N–H and O–H groups in total. The Morgan fingerprint density at radius 2 is 1.46 bits per heavy atom. The summed E-state index contributed by atoms with van der Waals surface area (Å²) in [7, 11) is -0.850. The lowest BCUT2D eigenvalue weighted by molar-refractivity contribution is 0.0729. The van der Waals surface area contributed by atoms with Gasteiger partial charge in [0.2, 0.25) is 0 Å². The van der Waals surface area contributed by atoms with Gasteiger partial charge < -0.3 is 14.2 Å². The average Bonchev–Trinajstić information content (AvgIpc) is 2.98. The number of rotatable bonds is 10. The third-order valence-electron chi connectivity index (χ3n) is 5.62. The Bertz CT molecular complexity index is 1670. The molecule has 0 radical (unpaired) electrons. The van der Waals surface area contributed by atoms with E-state index in [2.05, 4.69) is 15.2 Å². The fourth-order valence-electron chi connectivity index (χ4n) is 3.48. The molecule has 0 saturated heterocycles. The minimum absolute atomic E-state index is 0.0538. The maximum absolute atomic E-state index is 12.5. The molecule has 4 rings (SSSR count). The smallest absolute Gasteiger partial charge is 0.343 e. The second-order valence-corrected chi connectivity index (χ2v) is 10.5. The Morgan fingerprint density at radius 3 is 2.10 bits per heavy atom. The number of hydrogen-bond acceptors (Lipinski definition) is 8. The number of esters is 1. The van der Waals surface area contributed by atoms with Crippen molar-refractivity contribution in [3.63, 3.8) is 0 Å². The predicted octanol–water partition coefficient (Wildman–Crippen LogP) is 5.14. The molecule has 0 heterocycles. The summed E-state index contributed by atoms with van der Waals surface area (Å²) < 4.78 is 43.4. The van der Waals surface area contributed by atoms with Crippen LogP contribution in [0.4, 0.5) is 5.69 Å². The largest absolute Gasteiger partial charge is 0.497 e. The van der Waals surface area contributed by atoms with Gasteiger partial charge in [0.05, 0.1) is 30.9 Å². The van der Waals surface area contributed by atoms with Crippen molar-refractivity contribution >= 4 is 45.4 Å². The van der Waals surface area contributed by atoms with Crippen molar-refractivity contribution in [2.45, 2.75) is 4.90 Å². The van der Waals surface area contributed by atoms with E-state index in [1.54, 1.807) is 42.5 Å². The Morgan fingerprint density at radius 1 is 0.805 bits per heavy atom. The van der Waals surface area contributed by atoms with Crippen LogP contribution in [0.3, 0.4) is 0 Å². The first-order valence-corrected chi connectivity index (χ1v) is 13.8. The quantitative estimate of drug-likeness (QED) is 0.113. The first-order chi connectivity index (χ1) is 19.7. The number of benzene rings is 4. The van der Waals surface area contributed by atoms with Crippen LogP contribution in [0.25, 0.3) is 0 Å². The molecular weight excluding hydrogens is 570 g/mol. The number of hydrazone groups is 1. The SMILES string of the molecule is COc1ccc(C(=O)Oc2ccc(/C=N\NC(=O)c3ccc(NS(=O)(=O)c4ccc(Cl)cc4)cc3)cc2OC)cc1. The highest BCUT2D eigenvalue weighted by molar-refractivity contribution is 7.92. The van der Waals surface area contributed by atoms with E-state index in [0.29, 0.717) is 27.6 Å². The standard InChI is InChI=1S/C29H24ClN3O7S/c1-38-24-12-6-21(7-13-24)29(35)40-26-16-3-19(17-27(26)39-2)18-31-32-28(34)20-4-10-23(11-5-20)33-41(36,37)25-14-8-22(30)9-15-25/h3-18,33H,1-2H3,(H,32,34)/b31-18-. The maximum Gasteiger partial charge on any atom is 0.343 e. The van der Waals surface area contributed by atoms with E-state index in [1.165, 1.54) is 69.0 Å². The summed E-state index contributed by atoms with van der Waals surface area (Å²) in [6.07, 6.45) is 1.39. The minimum atomic E-state index is -3.82. The molecule has 0 fully saturated rings. The van der Waals surface area contributed by atoms with Crippen LogP contribution in [0.1, 0.15) is 26.3 Å². The number of halogens is 1. The van der Waals surface area contributed by atoms with Crippen molar-refractivity contribution in [2.75, 3.05) is 18.9 Å². The van der Waals surface area contributed by atoms with Gasteiger partial charge in [-0.3, -0.25) is 9.52 Å². The molecule has 10 nitrogen and oxygen atoms in total. The zero-order chi connectivity index (χ0) is 29.4. The van der Waals surface area contributed by atoms with Crippen LogP contribution in [0.15, 0.2) is 101 Å². The Hall–Kier alpha value is -4.87. The van der Waals surface area contributed by atoms with Crippen LogP contribution in [0, 0.1) is 0 Å². The molecule has 0 aliphatic carbocycles. The van der Waals surface area contributed by atoms with E-state index < -0.39 is 21.9 Å². The number of methoxy groups -OCH3 is 2. The van der Waals surface area contributed by atoms with Crippen molar-refractivity contribution in [3.8, 4) is 17.2 Å². The number of sulfonamides is 1. The maximum atomic E-state index is 12.5. The molecule has 0 aromatic heterocycles. The second-order valence-electron chi connectivity index (χ2n) is 8.36. The van der Waals surface area contributed by atoms with Gasteiger partial charge in [-0.25, -0.2) is 18.6 Å². The molecule has 4 aromatic carbocycles. The van der Waals surface area contributed by atoms with Crippen LogP contribution in [-0.4, -0.2) is 40.7 Å². The summed E-state index contributed by atoms with van der Waals surface area (Å²) in [5.74, 6) is 0.0402. The van der Waals surface area contributed by atoms with E-state index in [0.717, 1.165) is 0 Å². The summed E-state index contributed by atoms with van der Waals surface area (Å²) in [5.41, 5.74) is 3.85. The van der Waals surface area contributed by atoms with Crippen molar-refractivity contribution in [1.82, 2.24) is 5.43 Å². The van der Waals surface area contributed by atoms with Gasteiger partial charge >= 0.3 is 5.97 Å². The lowest BCUT2D eigenvalue weighted by Gasteiger charge is -2.10. The van der Waals surface area contributed by atoms with Crippen LogP contribution in [0.2, 0.25) is 5.02 Å². The summed E-state index contributed by atoms with van der Waals surface area (Å²) in [4.78, 5) is 25.0. The Kier molecular flexibility index (Phi) is 9.23. The number of nitrogens with one attached hydrogen (secondary N) is 2. The molecule has 0 atom stereocenters. The molecular formula is C29H24ClN3O7S. The highest BCUT2D eigenvalue weighted by atomic mass is 35.5. The Labute approximate surface area is 241 Å². The monoisotopic (exact) mass is 593 g/mol. The van der Waals surface area contributed by atoms with Crippen molar-refractivity contribution in [1.29, 1.82) is 0 Å². The third kappa shape index (κ3) is 7.62. The van der Waals surface area contributed by atoms with Gasteiger partial charge in [-0.15, -0.1) is 0 Å². The molecule has 1 amide bonds. The average molecular weight is 594 g/mol. The summed E-state index contributed by atoms with van der Waals surface area (Å²) in [6.45, 7) is 0. The molecule has 4 aromatic rings. The molecule has 0 bridgehead atoms. The fourth-order valence-corrected chi connectivity index (χ4v) is 4.67. The lowest BCUT2D eigenvalue weighted by Crippen LogP contribution is -2.18. The first-order valence-electron chi connectivity index (χ1n) is 11.9. The predicted molar refractivity (Wildman–Crippen MR) is 155 cm³/mol. The fraction of sp³-hybridized carbons (Fsp3) is 0.0690. The normalized spacial score (nSPS) is 11.1. The van der Waals surface area contributed by atoms with Gasteiger partial charge in [0.15, 0.2) is 11.5 Å². The molecule has 0 saturated carbocycles. The van der Waals surface area contributed by atoms with Gasteiger partial charge in [-0.1, -0.05) is 11.6 Å². The van der Waals surface area contributed by atoms with E-state index in [4.69, 9.17) is 25.8 Å². The van der Waals surface area contributed by atoms with Gasteiger partial charge in [0.1, 0.15) is 5.75 Å². The molecule has 0 aliphatic rings. The topological polar surface area (TPSA) is 132 Å². The summed E-state index contributed by atoms with van der Waals surface area (Å²) in [6, 6.07) is 22.8. The number of anilines is 1. The molecule has 0 spiro atoms. The van der Waals surface area contributed by atoms with Crippen molar-refractivity contribution in [2.24, 2.45) is 5.10 Å². The lowest BCUT2D eigenvalue weighted by atomic mass is 10.2. The number of hydrogen-bond donors (Lipinski definition) is 2. The number of carbonyl (C=O) groups excluding carboxylic acids is 2. The summed E-state index contributed by atoms with van der Waals surface area (Å²) in [5, 5.41) is 4.38. The van der Waals surface area contributed by atoms with Crippen LogP contribution in [0.5, 0.6) is 17.2 Å². The van der Waals surface area contributed by atoms with E-state index in [9.17, 15) is 18.0 Å². The molecule has 210 valence electrons. The second kappa shape index (κ2) is 13.0. The number of nitrogens with zero attached hydrogens (tertiary/aromatic N) is 1. The zero-order valence-corrected chi connectivity index (χ0v) is 23.4. The Balaban J connectivity index is 1.35. The molecule has 12 heteroatoms. The highest BCUT2D eigenvalue weighted by Gasteiger charge is 2.15. The van der Waals surface area contributed by atoms with Crippen molar-refractivity contribution < 1.29 is 32.2 Å². The van der Waals surface area contributed by atoms with Crippen LogP contribution < -0.4 is 24.4 Å². The van der Waals surface area contributed by atoms with E-state index in [1.807, 2.05) is 0 Å². The number of carbonyl (C=O) groups is 2. The van der Waals surface area contributed by atoms with Crippen LogP contribution >= 0.6 is 11.6 Å². The van der Waals surface area contributed by atoms with E-state index >= 15 is 0 Å². The summed E-state index contributed by atoms with van der Waals surface area (Å²) >= 11 is 5.82. The number of amides is 1. The number of ether oxygens (including phenoxy) is 3. The highest BCUT2D eigenvalue weighted by Crippen LogP contribution is 2.28. The van der Waals surface area contributed by atoms with Gasteiger partial charge in [0.25, 0.3) is 15.9 Å². The van der Waals surface area contributed by atoms with Crippen molar-refractivity contribution in [3.05, 3.63) is 113 Å². The van der Waals surface area contributed by atoms with Gasteiger partial charge in [-0.05, 0) is 96.6 Å². The zero-order valence-electron chi connectivity index (χ0n) is 21.8. The van der Waals surface area contributed by atoms with Gasteiger partial charge in [0, 0.05) is 16.3 Å². The van der Waals surface area contributed by atoms with Gasteiger partial charge in [-0.2, -0.15) is 5.10 Å². The minimum Gasteiger partial charge on any atom is -0.497 e. The first kappa shape index (κ1) is 29.1. The third-order valence-corrected chi connectivity index (χ3v) is 7.27. The molecule has 0 aliphatic heterocycles. The van der Waals surface area contributed by atoms with E-state index in [-0.39, 0.29) is 21.9 Å². The molecule has 41 heavy (non-hydrogen) atoms. The molecule has 0 unspecified atom stereocenters.